The zero-order valence-corrected chi connectivity index (χ0v) is 11.9. The van der Waals surface area contributed by atoms with Crippen LogP contribution in [0.3, 0.4) is 0 Å². The second kappa shape index (κ2) is 6.56. The Morgan fingerprint density at radius 1 is 1.50 bits per heavy atom. The number of hydrogen-bond acceptors (Lipinski definition) is 4. The van der Waals surface area contributed by atoms with Gasteiger partial charge in [-0.15, -0.1) is 23.7 Å². The van der Waals surface area contributed by atoms with Crippen molar-refractivity contribution in [2.24, 2.45) is 0 Å². The van der Waals surface area contributed by atoms with Crippen LogP contribution in [0.5, 0.6) is 0 Å². The van der Waals surface area contributed by atoms with E-state index in [1.54, 1.807) is 25.4 Å². The number of rotatable bonds is 5. The highest BCUT2D eigenvalue weighted by atomic mass is 35.5. The maximum Gasteiger partial charge on any atom is 0.250 e. The topological polar surface area (TPSA) is 58.2 Å². The van der Waals surface area contributed by atoms with Gasteiger partial charge in [0.25, 0.3) is 0 Å². The molecule has 0 bridgehead atoms. The predicted molar refractivity (Wildman–Crippen MR) is 70.0 cm³/mol. The first-order valence-corrected chi connectivity index (χ1v) is 7.04. The SMILES string of the molecule is CNC(C)CNS(=O)(=O)c1sccc1C.Cl. The lowest BCUT2D eigenvalue weighted by Gasteiger charge is -2.11. The summed E-state index contributed by atoms with van der Waals surface area (Å²) in [4.78, 5) is 0. The third kappa shape index (κ3) is 4.03. The van der Waals surface area contributed by atoms with Gasteiger partial charge >= 0.3 is 0 Å². The summed E-state index contributed by atoms with van der Waals surface area (Å²) in [6.45, 7) is 4.12. The van der Waals surface area contributed by atoms with Crippen molar-refractivity contribution in [1.29, 1.82) is 0 Å². The number of aryl methyl sites for hydroxylation is 1. The maximum atomic E-state index is 11.8. The average Bonchev–Trinajstić information content (AvgIpc) is 2.61. The van der Waals surface area contributed by atoms with Crippen LogP contribution in [0.15, 0.2) is 15.7 Å². The van der Waals surface area contributed by atoms with Crippen LogP contribution in [-0.2, 0) is 10.0 Å². The monoisotopic (exact) mass is 284 g/mol. The lowest BCUT2D eigenvalue weighted by atomic mass is 10.4. The average molecular weight is 285 g/mol. The number of likely N-dealkylation sites (N-methyl/N-ethyl adjacent to an activating group) is 1. The third-order valence-corrected chi connectivity index (χ3v) is 5.24. The Morgan fingerprint density at radius 3 is 2.56 bits per heavy atom. The van der Waals surface area contributed by atoms with Gasteiger partial charge in [-0.2, -0.15) is 0 Å². The van der Waals surface area contributed by atoms with Crippen molar-refractivity contribution in [3.05, 3.63) is 17.0 Å². The highest BCUT2D eigenvalue weighted by molar-refractivity contribution is 7.91. The molecule has 0 spiro atoms. The van der Waals surface area contributed by atoms with Crippen molar-refractivity contribution < 1.29 is 8.42 Å². The van der Waals surface area contributed by atoms with E-state index in [0.717, 1.165) is 5.56 Å². The van der Waals surface area contributed by atoms with E-state index >= 15 is 0 Å². The van der Waals surface area contributed by atoms with Gasteiger partial charge in [0.2, 0.25) is 10.0 Å². The maximum absolute atomic E-state index is 11.8. The molecular formula is C9H17ClN2O2S2. The quantitative estimate of drug-likeness (QED) is 0.858. The number of nitrogens with one attached hydrogen (secondary N) is 2. The van der Waals surface area contributed by atoms with Gasteiger partial charge in [-0.3, -0.25) is 0 Å². The summed E-state index contributed by atoms with van der Waals surface area (Å²) in [5.74, 6) is 0. The van der Waals surface area contributed by atoms with Gasteiger partial charge in [-0.1, -0.05) is 0 Å². The molecular weight excluding hydrogens is 268 g/mol. The predicted octanol–water partition coefficient (Wildman–Crippen LogP) is 1.36. The second-order valence-electron chi connectivity index (χ2n) is 3.43. The summed E-state index contributed by atoms with van der Waals surface area (Å²) in [7, 11) is -1.52. The molecule has 1 rings (SSSR count). The molecule has 0 aliphatic heterocycles. The molecule has 0 aliphatic rings. The van der Waals surface area contributed by atoms with E-state index in [-0.39, 0.29) is 18.4 Å². The lowest BCUT2D eigenvalue weighted by molar-refractivity contribution is 0.555. The van der Waals surface area contributed by atoms with E-state index in [9.17, 15) is 8.42 Å². The number of thiophene rings is 1. The van der Waals surface area contributed by atoms with Crippen LogP contribution in [0, 0.1) is 6.92 Å². The fourth-order valence-corrected chi connectivity index (χ4v) is 3.63. The van der Waals surface area contributed by atoms with Gasteiger partial charge in [0.05, 0.1) is 0 Å². The zero-order valence-electron chi connectivity index (χ0n) is 9.48. The van der Waals surface area contributed by atoms with E-state index in [4.69, 9.17) is 0 Å². The van der Waals surface area contributed by atoms with Crippen molar-refractivity contribution in [3.63, 3.8) is 0 Å². The fraction of sp³-hybridized carbons (Fsp3) is 0.556. The van der Waals surface area contributed by atoms with Crippen LogP contribution < -0.4 is 10.0 Å². The number of halogens is 1. The molecule has 0 amide bonds. The molecule has 1 aromatic heterocycles. The Morgan fingerprint density at radius 2 is 2.12 bits per heavy atom. The van der Waals surface area contributed by atoms with Gasteiger partial charge in [0, 0.05) is 12.6 Å². The minimum Gasteiger partial charge on any atom is -0.316 e. The van der Waals surface area contributed by atoms with Gasteiger partial charge in [-0.05, 0) is 37.9 Å². The Kier molecular flexibility index (Phi) is 6.50. The summed E-state index contributed by atoms with van der Waals surface area (Å²) < 4.78 is 26.6. The lowest BCUT2D eigenvalue weighted by Crippen LogP contribution is -2.37. The van der Waals surface area contributed by atoms with E-state index in [1.807, 2.05) is 6.92 Å². The van der Waals surface area contributed by atoms with E-state index in [1.165, 1.54) is 11.3 Å². The standard InChI is InChI=1S/C9H16N2O2S2.ClH/c1-7-4-5-14-9(7)15(12,13)11-6-8(2)10-3;/h4-5,8,10-11H,6H2,1-3H3;1H. The molecule has 1 unspecified atom stereocenters. The molecule has 94 valence electrons. The van der Waals surface area contributed by atoms with Crippen molar-refractivity contribution in [2.75, 3.05) is 13.6 Å². The number of sulfonamides is 1. The zero-order chi connectivity index (χ0) is 11.5. The molecule has 4 nitrogen and oxygen atoms in total. The molecule has 0 saturated carbocycles. The molecule has 0 aliphatic carbocycles. The Bertz CT molecular complexity index is 417. The molecule has 0 saturated heterocycles. The van der Waals surface area contributed by atoms with E-state index in [0.29, 0.717) is 10.8 Å². The second-order valence-corrected chi connectivity index (χ2v) is 6.31. The molecule has 1 aromatic rings. The van der Waals surface area contributed by atoms with Crippen LogP contribution in [0.2, 0.25) is 0 Å². The van der Waals surface area contributed by atoms with Gasteiger partial charge < -0.3 is 5.32 Å². The van der Waals surface area contributed by atoms with Crippen molar-refractivity contribution >= 4 is 33.8 Å². The molecule has 0 radical (unpaired) electrons. The number of hydrogen-bond donors (Lipinski definition) is 2. The molecule has 1 atom stereocenters. The van der Waals surface area contributed by atoms with Gasteiger partial charge in [-0.25, -0.2) is 13.1 Å². The van der Waals surface area contributed by atoms with Crippen LogP contribution in [-0.4, -0.2) is 28.1 Å². The summed E-state index contributed by atoms with van der Waals surface area (Å²) >= 11 is 1.24. The van der Waals surface area contributed by atoms with E-state index < -0.39 is 10.0 Å². The largest absolute Gasteiger partial charge is 0.316 e. The minimum atomic E-state index is -3.32. The summed E-state index contributed by atoms with van der Waals surface area (Å²) in [6, 6.07) is 1.93. The first-order valence-electron chi connectivity index (χ1n) is 4.68. The smallest absolute Gasteiger partial charge is 0.250 e. The van der Waals surface area contributed by atoms with Crippen molar-refractivity contribution in [1.82, 2.24) is 10.0 Å². The van der Waals surface area contributed by atoms with Crippen molar-refractivity contribution in [3.8, 4) is 0 Å². The molecule has 0 aromatic carbocycles. The molecule has 1 heterocycles. The van der Waals surface area contributed by atoms with Crippen LogP contribution in [0.4, 0.5) is 0 Å². The van der Waals surface area contributed by atoms with Crippen LogP contribution in [0.1, 0.15) is 12.5 Å². The van der Waals surface area contributed by atoms with E-state index in [2.05, 4.69) is 10.0 Å². The highest BCUT2D eigenvalue weighted by Crippen LogP contribution is 2.21. The summed E-state index contributed by atoms with van der Waals surface area (Å²) in [6.07, 6.45) is 0. The molecule has 7 heteroatoms. The molecule has 2 N–H and O–H groups in total. The first-order chi connectivity index (χ1) is 6.97. The summed E-state index contributed by atoms with van der Waals surface area (Å²) in [5.41, 5.74) is 0.796. The molecule has 16 heavy (non-hydrogen) atoms. The Hall–Kier alpha value is -0.140. The first kappa shape index (κ1) is 15.9. The Balaban J connectivity index is 0.00000225. The van der Waals surface area contributed by atoms with Crippen molar-refractivity contribution in [2.45, 2.75) is 24.1 Å². The van der Waals surface area contributed by atoms with Crippen LogP contribution in [0.25, 0.3) is 0 Å². The molecule has 0 fully saturated rings. The minimum absolute atomic E-state index is 0. The fourth-order valence-electron chi connectivity index (χ4n) is 1.04. The third-order valence-electron chi connectivity index (χ3n) is 2.13. The van der Waals surface area contributed by atoms with Gasteiger partial charge in [0.1, 0.15) is 4.21 Å². The van der Waals surface area contributed by atoms with Crippen LogP contribution >= 0.6 is 23.7 Å². The Labute approximate surface area is 107 Å². The van der Waals surface area contributed by atoms with Gasteiger partial charge in [0.15, 0.2) is 0 Å². The highest BCUT2D eigenvalue weighted by Gasteiger charge is 2.18. The summed E-state index contributed by atoms with van der Waals surface area (Å²) in [5, 5.41) is 4.76. The normalized spacial score (nSPS) is 13.2.